The minimum Gasteiger partial charge on any atom is -0.487 e. The number of carbonyl (C=O) groups excluding carboxylic acids is 1. The molecule has 0 radical (unpaired) electrons. The van der Waals surface area contributed by atoms with E-state index in [9.17, 15) is 28.4 Å². The number of aromatic nitrogens is 2. The van der Waals surface area contributed by atoms with Crippen molar-refractivity contribution in [3.8, 4) is 17.2 Å². The molecule has 12 nitrogen and oxygen atoms in total. The number of hydrogen-bond donors (Lipinski definition) is 3. The number of benzene rings is 2. The summed E-state index contributed by atoms with van der Waals surface area (Å²) in [5.74, 6) is -0.516. The molecule has 2 aromatic carbocycles. The van der Waals surface area contributed by atoms with Crippen LogP contribution in [0.15, 0.2) is 71.9 Å². The van der Waals surface area contributed by atoms with E-state index in [2.05, 4.69) is 9.97 Å². The first-order chi connectivity index (χ1) is 19.5. The number of para-hydroxylation sites is 1. The monoisotopic (exact) mass is 580 g/mol. The number of nitrogens with one attached hydrogen (secondary N) is 2. The first kappa shape index (κ1) is 28.1. The Hall–Kier alpha value is -4.49. The van der Waals surface area contributed by atoms with Crippen LogP contribution in [0.5, 0.6) is 17.2 Å². The number of ether oxygens (including phenoxy) is 2. The highest BCUT2D eigenvalue weighted by molar-refractivity contribution is 7.90. The Morgan fingerprint density at radius 2 is 1.93 bits per heavy atom. The van der Waals surface area contributed by atoms with E-state index >= 15 is 0 Å². The van der Waals surface area contributed by atoms with Crippen LogP contribution in [0.1, 0.15) is 43.0 Å². The summed E-state index contributed by atoms with van der Waals surface area (Å²) < 4.78 is 39.6. The van der Waals surface area contributed by atoms with E-state index in [0.717, 1.165) is 17.5 Å². The van der Waals surface area contributed by atoms with Gasteiger partial charge in [-0.25, -0.2) is 18.1 Å². The van der Waals surface area contributed by atoms with Crippen LogP contribution in [-0.2, 0) is 10.0 Å². The number of carbonyl (C=O) groups is 1. The van der Waals surface area contributed by atoms with Crippen molar-refractivity contribution in [3.05, 3.63) is 82.7 Å². The van der Waals surface area contributed by atoms with Gasteiger partial charge >= 0.3 is 5.69 Å². The molecule has 1 aliphatic carbocycles. The predicted molar refractivity (Wildman–Crippen MR) is 148 cm³/mol. The Labute approximate surface area is 235 Å². The SMILES string of the molecule is CC1(O)CCC(COc2ccc(S(=O)(=O)NC(=O)c3ccccc3Oc3cnc4[nH]ccc4c3)cc2[N+](=O)[O-])CC1. The van der Waals surface area contributed by atoms with Gasteiger partial charge in [-0.15, -0.1) is 0 Å². The van der Waals surface area contributed by atoms with Gasteiger partial charge in [-0.1, -0.05) is 12.1 Å². The number of sulfonamides is 1. The van der Waals surface area contributed by atoms with Crippen LogP contribution in [0, 0.1) is 16.0 Å². The molecule has 0 aliphatic heterocycles. The van der Waals surface area contributed by atoms with Gasteiger partial charge in [-0.05, 0) is 74.9 Å². The van der Waals surface area contributed by atoms with E-state index in [1.54, 1.807) is 37.4 Å². The molecule has 3 N–H and O–H groups in total. The molecular weight excluding hydrogens is 552 g/mol. The standard InChI is InChI=1S/C28H28N4O8S/c1-28(34)11-8-18(9-12-28)17-39-25-7-6-21(15-23(25)32(35)36)41(37,38)31-27(33)22-4-2-3-5-24(22)40-20-14-19-10-13-29-26(19)30-16-20/h2-7,10,13-16,18,34H,8-9,11-12,17H2,1H3,(H,29,30)(H,31,33). The Balaban J connectivity index is 1.31. The molecule has 1 fully saturated rings. The van der Waals surface area contributed by atoms with Crippen molar-refractivity contribution in [2.24, 2.45) is 5.92 Å². The summed E-state index contributed by atoms with van der Waals surface area (Å²) in [6.07, 6.45) is 5.81. The second kappa shape index (κ2) is 11.2. The van der Waals surface area contributed by atoms with Crippen LogP contribution in [0.3, 0.4) is 0 Å². The molecule has 13 heteroatoms. The number of fused-ring (bicyclic) bond motifs is 1. The number of rotatable bonds is 9. The van der Waals surface area contributed by atoms with Gasteiger partial charge in [0.25, 0.3) is 15.9 Å². The van der Waals surface area contributed by atoms with Crippen LogP contribution in [0.4, 0.5) is 5.69 Å². The molecule has 0 saturated heterocycles. The van der Waals surface area contributed by atoms with Crippen molar-refractivity contribution >= 4 is 32.7 Å². The van der Waals surface area contributed by atoms with E-state index in [0.29, 0.717) is 37.1 Å². The average Bonchev–Trinajstić information content (AvgIpc) is 3.40. The molecular formula is C28H28N4O8S. The topological polar surface area (TPSA) is 174 Å². The fourth-order valence-corrected chi connectivity index (χ4v) is 5.67. The normalized spacial score (nSPS) is 19.0. The van der Waals surface area contributed by atoms with E-state index in [1.807, 2.05) is 4.72 Å². The number of aliphatic hydroxyl groups is 1. The zero-order valence-electron chi connectivity index (χ0n) is 22.1. The fourth-order valence-electron chi connectivity index (χ4n) is 4.68. The van der Waals surface area contributed by atoms with Gasteiger partial charge in [0.05, 0.1) is 33.8 Å². The number of nitro benzene ring substituents is 1. The van der Waals surface area contributed by atoms with Gasteiger partial charge in [0.2, 0.25) is 0 Å². The molecule has 1 amide bonds. The second-order valence-electron chi connectivity index (χ2n) is 10.3. The highest BCUT2D eigenvalue weighted by Gasteiger charge is 2.30. The van der Waals surface area contributed by atoms with Crippen molar-refractivity contribution in [2.75, 3.05) is 6.61 Å². The van der Waals surface area contributed by atoms with Crippen molar-refractivity contribution in [2.45, 2.75) is 43.1 Å². The van der Waals surface area contributed by atoms with E-state index < -0.39 is 37.0 Å². The molecule has 0 unspecified atom stereocenters. The van der Waals surface area contributed by atoms with Crippen molar-refractivity contribution in [1.29, 1.82) is 0 Å². The lowest BCUT2D eigenvalue weighted by Crippen LogP contribution is -2.32. The highest BCUT2D eigenvalue weighted by Crippen LogP contribution is 2.35. The van der Waals surface area contributed by atoms with Gasteiger partial charge < -0.3 is 19.6 Å². The first-order valence-electron chi connectivity index (χ1n) is 12.9. The van der Waals surface area contributed by atoms with Crippen LogP contribution < -0.4 is 14.2 Å². The van der Waals surface area contributed by atoms with Gasteiger partial charge in [-0.2, -0.15) is 0 Å². The van der Waals surface area contributed by atoms with E-state index in [-0.39, 0.29) is 29.6 Å². The van der Waals surface area contributed by atoms with Crippen molar-refractivity contribution in [1.82, 2.24) is 14.7 Å². The Bertz CT molecular complexity index is 1710. The minimum atomic E-state index is -4.50. The molecule has 5 rings (SSSR count). The molecule has 214 valence electrons. The maximum atomic E-state index is 13.1. The van der Waals surface area contributed by atoms with Gasteiger partial charge in [0, 0.05) is 17.6 Å². The number of nitrogens with zero attached hydrogens (tertiary/aromatic N) is 2. The van der Waals surface area contributed by atoms with Crippen LogP contribution in [-0.4, -0.2) is 46.5 Å². The molecule has 1 aliphatic rings. The average molecular weight is 581 g/mol. The molecule has 2 aromatic heterocycles. The molecule has 0 spiro atoms. The fraction of sp³-hybridized carbons (Fsp3) is 0.286. The van der Waals surface area contributed by atoms with Gasteiger partial charge in [0.15, 0.2) is 5.75 Å². The third-order valence-corrected chi connectivity index (χ3v) is 8.38. The summed E-state index contributed by atoms with van der Waals surface area (Å²) in [5, 5.41) is 22.7. The zero-order valence-corrected chi connectivity index (χ0v) is 22.9. The Morgan fingerprint density at radius 1 is 1.17 bits per heavy atom. The molecule has 1 saturated carbocycles. The molecule has 0 atom stereocenters. The first-order valence-corrected chi connectivity index (χ1v) is 14.4. The summed E-state index contributed by atoms with van der Waals surface area (Å²) >= 11 is 0. The molecule has 4 aromatic rings. The maximum Gasteiger partial charge on any atom is 0.312 e. The summed E-state index contributed by atoms with van der Waals surface area (Å²) in [7, 11) is -4.50. The van der Waals surface area contributed by atoms with Gasteiger partial charge in [-0.3, -0.25) is 14.9 Å². The van der Waals surface area contributed by atoms with Crippen LogP contribution >= 0.6 is 0 Å². The van der Waals surface area contributed by atoms with Gasteiger partial charge in [0.1, 0.15) is 17.1 Å². The quantitative estimate of drug-likeness (QED) is 0.187. The maximum absolute atomic E-state index is 13.1. The second-order valence-corrected chi connectivity index (χ2v) is 11.9. The smallest absolute Gasteiger partial charge is 0.312 e. The number of H-pyrrole nitrogens is 1. The molecule has 0 bridgehead atoms. The van der Waals surface area contributed by atoms with Crippen LogP contribution in [0.25, 0.3) is 11.0 Å². The van der Waals surface area contributed by atoms with E-state index in [1.165, 1.54) is 24.4 Å². The third-order valence-electron chi connectivity index (χ3n) is 7.06. The third kappa shape index (κ3) is 6.47. The number of nitro groups is 1. The highest BCUT2D eigenvalue weighted by atomic mass is 32.2. The number of hydrogen-bond acceptors (Lipinski definition) is 9. The summed E-state index contributed by atoms with van der Waals surface area (Å²) in [6, 6.07) is 12.8. The number of aromatic amines is 1. The molecule has 2 heterocycles. The lowest BCUT2D eigenvalue weighted by Gasteiger charge is -2.32. The van der Waals surface area contributed by atoms with E-state index in [4.69, 9.17) is 9.47 Å². The molecule has 41 heavy (non-hydrogen) atoms. The van der Waals surface area contributed by atoms with Crippen LogP contribution in [0.2, 0.25) is 0 Å². The number of amides is 1. The summed E-state index contributed by atoms with van der Waals surface area (Å²) in [6.45, 7) is 1.98. The predicted octanol–water partition coefficient (Wildman–Crippen LogP) is 4.70. The zero-order chi connectivity index (χ0) is 29.2. The van der Waals surface area contributed by atoms with Crippen molar-refractivity contribution < 1.29 is 32.7 Å². The van der Waals surface area contributed by atoms with Crippen molar-refractivity contribution in [3.63, 3.8) is 0 Å². The minimum absolute atomic E-state index is 0.0637. The lowest BCUT2D eigenvalue weighted by atomic mass is 9.80. The summed E-state index contributed by atoms with van der Waals surface area (Å²) in [4.78, 5) is 30.8. The Morgan fingerprint density at radius 3 is 2.68 bits per heavy atom. The largest absolute Gasteiger partial charge is 0.487 e. The number of pyridine rings is 1. The summed E-state index contributed by atoms with van der Waals surface area (Å²) in [5.41, 5.74) is -0.669. The Kier molecular flexibility index (Phi) is 7.65. The lowest BCUT2D eigenvalue weighted by molar-refractivity contribution is -0.386.